The molecular formula is C11H8N6O. The molecule has 0 aromatic carbocycles. The summed E-state index contributed by atoms with van der Waals surface area (Å²) >= 11 is 0. The number of imidazole rings is 2. The number of H-pyrrole nitrogens is 2. The predicted molar refractivity (Wildman–Crippen MR) is 59.2 cm³/mol. The van der Waals surface area contributed by atoms with Gasteiger partial charge >= 0.3 is 0 Å². The molecule has 0 atom stereocenters. The van der Waals surface area contributed by atoms with Gasteiger partial charge in [0.25, 0.3) is 0 Å². The van der Waals surface area contributed by atoms with E-state index < -0.39 is 0 Å². The Labute approximate surface area is 102 Å². The van der Waals surface area contributed by atoms with Gasteiger partial charge in [0, 0.05) is 0 Å². The van der Waals surface area contributed by atoms with Crippen molar-refractivity contribution in [1.82, 2.24) is 19.9 Å². The maximum absolute atomic E-state index is 12.0. The molecule has 0 aliphatic carbocycles. The number of hydrogen-bond donors (Lipinski definition) is 2. The summed E-state index contributed by atoms with van der Waals surface area (Å²) in [5.41, 5.74) is 0.569. The van der Waals surface area contributed by atoms with Crippen LogP contribution in [0.4, 0.5) is 0 Å². The lowest BCUT2D eigenvalue weighted by atomic mass is 10.2. The smallest absolute Gasteiger partial charge is 0.228 e. The average Bonchev–Trinajstić information content (AvgIpc) is 2.98. The Hall–Kier alpha value is -2.93. The van der Waals surface area contributed by atoms with Crippen LogP contribution < -0.4 is 0 Å². The first-order valence-electron chi connectivity index (χ1n) is 5.11. The van der Waals surface area contributed by atoms with E-state index in [4.69, 9.17) is 10.5 Å². The van der Waals surface area contributed by atoms with Crippen LogP contribution in [0.15, 0.2) is 12.4 Å². The van der Waals surface area contributed by atoms with Crippen molar-refractivity contribution < 1.29 is 4.79 Å². The van der Waals surface area contributed by atoms with Crippen molar-refractivity contribution >= 4 is 5.78 Å². The van der Waals surface area contributed by atoms with E-state index in [-0.39, 0.29) is 30.0 Å². The zero-order chi connectivity index (χ0) is 13.0. The third kappa shape index (κ3) is 2.25. The summed E-state index contributed by atoms with van der Waals surface area (Å²) in [6.45, 7) is 0. The van der Waals surface area contributed by atoms with Crippen LogP contribution in [0.2, 0.25) is 0 Å². The Morgan fingerprint density at radius 2 is 1.50 bits per heavy atom. The first-order chi connectivity index (χ1) is 8.74. The maximum Gasteiger partial charge on any atom is 0.228 e. The fourth-order valence-corrected chi connectivity index (χ4v) is 1.43. The van der Waals surface area contributed by atoms with Gasteiger partial charge in [0.1, 0.15) is 23.0 Å². The van der Waals surface area contributed by atoms with Gasteiger partial charge in [-0.05, 0) is 0 Å². The molecule has 0 amide bonds. The van der Waals surface area contributed by atoms with Crippen molar-refractivity contribution in [2.24, 2.45) is 0 Å². The van der Waals surface area contributed by atoms with Gasteiger partial charge in [-0.1, -0.05) is 0 Å². The van der Waals surface area contributed by atoms with Crippen molar-refractivity contribution in [2.75, 3.05) is 0 Å². The molecule has 2 aromatic heterocycles. The molecular weight excluding hydrogens is 232 g/mol. The first kappa shape index (κ1) is 11.6. The maximum atomic E-state index is 12.0. The van der Waals surface area contributed by atoms with Gasteiger partial charge in [-0.15, -0.1) is 0 Å². The lowest BCUT2D eigenvalue weighted by Crippen LogP contribution is -2.02. The van der Waals surface area contributed by atoms with Crippen LogP contribution in [0.3, 0.4) is 0 Å². The van der Waals surface area contributed by atoms with Gasteiger partial charge in [0.2, 0.25) is 5.78 Å². The number of nitrogens with one attached hydrogen (secondary N) is 2. The van der Waals surface area contributed by atoms with Crippen LogP contribution in [0, 0.1) is 22.7 Å². The lowest BCUT2D eigenvalue weighted by molar-refractivity contribution is 0.103. The van der Waals surface area contributed by atoms with Crippen LogP contribution in [0.5, 0.6) is 0 Å². The van der Waals surface area contributed by atoms with Gasteiger partial charge in [-0.25, -0.2) is 9.97 Å². The molecule has 0 fully saturated rings. The van der Waals surface area contributed by atoms with Crippen molar-refractivity contribution in [3.63, 3.8) is 0 Å². The second-order valence-electron chi connectivity index (χ2n) is 3.49. The number of hydrogen-bond acceptors (Lipinski definition) is 5. The molecule has 0 spiro atoms. The zero-order valence-electron chi connectivity index (χ0n) is 9.27. The molecule has 7 heteroatoms. The van der Waals surface area contributed by atoms with Crippen molar-refractivity contribution in [1.29, 1.82) is 10.5 Å². The molecule has 18 heavy (non-hydrogen) atoms. The second kappa shape index (κ2) is 4.93. The van der Waals surface area contributed by atoms with Crippen LogP contribution in [-0.4, -0.2) is 25.7 Å². The molecule has 7 nitrogen and oxygen atoms in total. The largest absolute Gasteiger partial charge is 0.338 e. The standard InChI is InChI=1S/C11H8N6O/c12-3-1-9-14-5-7(16-9)11(18)8-6-15-10(17-8)2-4-13/h5-6H,1-2H2,(H,14,16)(H,15,17). The molecule has 2 aromatic rings. The molecule has 2 heterocycles. The highest BCUT2D eigenvalue weighted by atomic mass is 16.1. The number of ketones is 1. The highest BCUT2D eigenvalue weighted by Crippen LogP contribution is 2.07. The summed E-state index contributed by atoms with van der Waals surface area (Å²) in [7, 11) is 0. The fraction of sp³-hybridized carbons (Fsp3) is 0.182. The van der Waals surface area contributed by atoms with E-state index in [0.717, 1.165) is 0 Å². The molecule has 0 saturated carbocycles. The quantitative estimate of drug-likeness (QED) is 0.753. The second-order valence-corrected chi connectivity index (χ2v) is 3.49. The Morgan fingerprint density at radius 1 is 1.06 bits per heavy atom. The number of carbonyl (C=O) groups is 1. The van der Waals surface area contributed by atoms with Gasteiger partial charge in [-0.2, -0.15) is 10.5 Å². The van der Waals surface area contributed by atoms with E-state index in [1.165, 1.54) is 12.4 Å². The van der Waals surface area contributed by atoms with E-state index in [2.05, 4.69) is 19.9 Å². The molecule has 0 aliphatic rings. The van der Waals surface area contributed by atoms with Crippen LogP contribution in [0.1, 0.15) is 27.8 Å². The van der Waals surface area contributed by atoms with Crippen molar-refractivity contribution in [2.45, 2.75) is 12.8 Å². The van der Waals surface area contributed by atoms with E-state index >= 15 is 0 Å². The highest BCUT2D eigenvalue weighted by Gasteiger charge is 2.14. The van der Waals surface area contributed by atoms with E-state index in [9.17, 15) is 4.79 Å². The predicted octanol–water partition coefficient (Wildman–Crippen LogP) is 0.496. The summed E-state index contributed by atoms with van der Waals surface area (Å²) in [5.74, 6) is 0.582. The third-order valence-electron chi connectivity index (χ3n) is 2.24. The molecule has 2 N–H and O–H groups in total. The molecule has 0 unspecified atom stereocenters. The van der Waals surface area contributed by atoms with Crippen molar-refractivity contribution in [3.8, 4) is 12.1 Å². The lowest BCUT2D eigenvalue weighted by Gasteiger charge is -1.92. The Kier molecular flexibility index (Phi) is 3.17. The zero-order valence-corrected chi connectivity index (χ0v) is 9.27. The number of aromatic nitrogens is 4. The summed E-state index contributed by atoms with van der Waals surface area (Å²) < 4.78 is 0. The van der Waals surface area contributed by atoms with E-state index in [1.54, 1.807) is 0 Å². The Bertz CT molecular complexity index is 597. The Morgan fingerprint density at radius 3 is 1.89 bits per heavy atom. The molecule has 88 valence electrons. The monoisotopic (exact) mass is 240 g/mol. The summed E-state index contributed by atoms with van der Waals surface area (Å²) in [6.07, 6.45) is 2.99. The van der Waals surface area contributed by atoms with E-state index in [1.807, 2.05) is 12.1 Å². The molecule has 0 bridgehead atoms. The number of carbonyl (C=O) groups excluding carboxylic acids is 1. The first-order valence-corrected chi connectivity index (χ1v) is 5.11. The topological polar surface area (TPSA) is 122 Å². The van der Waals surface area contributed by atoms with Crippen molar-refractivity contribution in [3.05, 3.63) is 35.4 Å². The van der Waals surface area contributed by atoms with Crippen LogP contribution >= 0.6 is 0 Å². The number of aromatic amines is 2. The molecule has 2 rings (SSSR count). The third-order valence-corrected chi connectivity index (χ3v) is 2.24. The highest BCUT2D eigenvalue weighted by molar-refractivity contribution is 6.06. The number of rotatable bonds is 4. The molecule has 0 aliphatic heterocycles. The number of nitriles is 2. The summed E-state index contributed by atoms with van der Waals surface area (Å²) in [5, 5.41) is 17.0. The van der Waals surface area contributed by atoms with Gasteiger partial charge in [0.05, 0.1) is 37.4 Å². The number of nitrogens with zero attached hydrogens (tertiary/aromatic N) is 4. The molecule has 0 saturated heterocycles. The Balaban J connectivity index is 2.19. The summed E-state index contributed by atoms with van der Waals surface area (Å²) in [4.78, 5) is 25.3. The molecule has 0 radical (unpaired) electrons. The minimum atomic E-state index is -0.302. The van der Waals surface area contributed by atoms with Crippen LogP contribution in [-0.2, 0) is 12.8 Å². The van der Waals surface area contributed by atoms with Gasteiger partial charge in [0.15, 0.2) is 0 Å². The average molecular weight is 240 g/mol. The van der Waals surface area contributed by atoms with Crippen LogP contribution in [0.25, 0.3) is 0 Å². The SMILES string of the molecule is N#CCc1ncc(C(=O)c2cnc(CC#N)[nH]2)[nH]1. The minimum absolute atomic E-state index is 0.121. The minimum Gasteiger partial charge on any atom is -0.338 e. The normalized spacial score (nSPS) is 9.67. The summed E-state index contributed by atoms with van der Waals surface area (Å²) in [6, 6.07) is 3.87. The fourth-order valence-electron chi connectivity index (χ4n) is 1.43. The van der Waals surface area contributed by atoms with Gasteiger partial charge < -0.3 is 9.97 Å². The van der Waals surface area contributed by atoms with Gasteiger partial charge in [-0.3, -0.25) is 4.79 Å². The van der Waals surface area contributed by atoms with E-state index in [0.29, 0.717) is 11.6 Å².